The number of hydrogen-bond acceptors (Lipinski definition) is 7. The average Bonchev–Trinajstić information content (AvgIpc) is 3.18. The fourth-order valence-corrected chi connectivity index (χ4v) is 3.71. The van der Waals surface area contributed by atoms with Crippen molar-refractivity contribution in [1.82, 2.24) is 0 Å². The van der Waals surface area contributed by atoms with Crippen LogP contribution >= 0.6 is 0 Å². The molecule has 9 heteroatoms. The number of amides is 2. The third kappa shape index (κ3) is 2.65. The number of hydrogen-bond donors (Lipinski definition) is 0. The number of carbonyl (C=O) groups excluding carboxylic acids is 3. The van der Waals surface area contributed by atoms with Gasteiger partial charge in [0, 0.05) is 10.5 Å². The molecule has 0 unspecified atom stereocenters. The summed E-state index contributed by atoms with van der Waals surface area (Å²) in [6, 6.07) is 4.74. The number of rotatable bonds is 3. The lowest BCUT2D eigenvalue weighted by Crippen LogP contribution is -2.42. The molecule has 1 aliphatic heterocycles. The highest BCUT2D eigenvalue weighted by atomic mass is 16.6. The molecule has 27 heavy (non-hydrogen) atoms. The van der Waals surface area contributed by atoms with Gasteiger partial charge in [0.05, 0.1) is 12.3 Å². The van der Waals surface area contributed by atoms with Crippen molar-refractivity contribution < 1.29 is 28.8 Å². The van der Waals surface area contributed by atoms with Crippen LogP contribution in [0.5, 0.6) is 0 Å². The third-order valence-corrected chi connectivity index (χ3v) is 4.66. The van der Waals surface area contributed by atoms with E-state index < -0.39 is 45.9 Å². The number of esters is 1. The Balaban J connectivity index is 2.10. The molecule has 2 amide bonds. The minimum Gasteiger partial charge on any atom is -0.466 e. The Morgan fingerprint density at radius 1 is 1.30 bits per heavy atom. The van der Waals surface area contributed by atoms with E-state index in [0.29, 0.717) is 0 Å². The van der Waals surface area contributed by atoms with Crippen LogP contribution in [0, 0.1) is 16.0 Å². The van der Waals surface area contributed by atoms with Crippen molar-refractivity contribution >= 4 is 23.7 Å². The zero-order valence-corrected chi connectivity index (χ0v) is 15.4. The van der Waals surface area contributed by atoms with Crippen molar-refractivity contribution in [2.45, 2.75) is 44.8 Å². The molecule has 1 aromatic rings. The Bertz CT molecular complexity index is 844. The minimum atomic E-state index is -1.75. The van der Waals surface area contributed by atoms with Crippen LogP contribution in [-0.2, 0) is 24.5 Å². The quantitative estimate of drug-likeness (QED) is 0.450. The van der Waals surface area contributed by atoms with E-state index in [9.17, 15) is 24.5 Å². The second-order valence-electron chi connectivity index (χ2n) is 7.47. The number of fused-ring (bicyclic) bond motifs is 2. The number of imide groups is 1. The lowest BCUT2D eigenvalue weighted by Gasteiger charge is -2.24. The zero-order chi connectivity index (χ0) is 20.1. The van der Waals surface area contributed by atoms with E-state index in [1.54, 1.807) is 39.8 Å². The molecule has 144 valence electrons. The predicted molar refractivity (Wildman–Crippen MR) is 92.7 cm³/mol. The van der Waals surface area contributed by atoms with E-state index in [4.69, 9.17) is 9.47 Å². The summed E-state index contributed by atoms with van der Waals surface area (Å²) in [6.45, 7) is 6.54. The summed E-state index contributed by atoms with van der Waals surface area (Å²) >= 11 is 0. The van der Waals surface area contributed by atoms with Gasteiger partial charge in [0.2, 0.25) is 6.04 Å². The lowest BCUT2D eigenvalue weighted by atomic mass is 9.94. The van der Waals surface area contributed by atoms with Crippen LogP contribution in [0.25, 0.3) is 0 Å². The summed E-state index contributed by atoms with van der Waals surface area (Å²) in [7, 11) is 0. The third-order valence-electron chi connectivity index (χ3n) is 4.66. The molecule has 0 radical (unpaired) electrons. The van der Waals surface area contributed by atoms with Gasteiger partial charge in [0.25, 0.3) is 5.91 Å². The Kier molecular flexibility index (Phi) is 4.21. The van der Waals surface area contributed by atoms with Gasteiger partial charge in [0.15, 0.2) is 11.3 Å². The minimum absolute atomic E-state index is 0.0292. The van der Waals surface area contributed by atoms with Gasteiger partial charge in [-0.05, 0) is 33.8 Å². The van der Waals surface area contributed by atoms with E-state index in [0.717, 1.165) is 4.90 Å². The van der Waals surface area contributed by atoms with Crippen LogP contribution in [-0.4, -0.2) is 41.1 Å². The number of anilines is 1. The highest BCUT2D eigenvalue weighted by molar-refractivity contribution is 6.24. The van der Waals surface area contributed by atoms with Gasteiger partial charge in [0.1, 0.15) is 5.60 Å². The van der Waals surface area contributed by atoms with E-state index >= 15 is 0 Å². The SMILES string of the molecule is CCOC(=O)[C@H]1[C@H]([N+](=O)[O-])[C@@]12C(=O)N(C(=O)OC(C)(C)C)c1ccccc12. The highest BCUT2D eigenvalue weighted by Gasteiger charge is 2.86. The fourth-order valence-electron chi connectivity index (χ4n) is 3.71. The standard InChI is InChI=1S/C18H20N2O7/c1-5-26-14(21)12-13(20(24)25)18(12)10-8-6-7-9-11(10)19(15(18)22)16(23)27-17(2,3)4/h6-9,12-13H,5H2,1-4H3/t12-,13+,18+/m1/s1. The van der Waals surface area contributed by atoms with Gasteiger partial charge in [-0.2, -0.15) is 0 Å². The van der Waals surface area contributed by atoms with Gasteiger partial charge < -0.3 is 9.47 Å². The van der Waals surface area contributed by atoms with Crippen LogP contribution in [0.15, 0.2) is 24.3 Å². The summed E-state index contributed by atoms with van der Waals surface area (Å²) in [6.07, 6.45) is -0.937. The lowest BCUT2D eigenvalue weighted by molar-refractivity contribution is -0.500. The maximum Gasteiger partial charge on any atom is 0.421 e. The molecule has 3 atom stereocenters. The maximum absolute atomic E-state index is 13.2. The first-order valence-corrected chi connectivity index (χ1v) is 8.54. The predicted octanol–water partition coefficient (Wildman–Crippen LogP) is 2.04. The number of para-hydroxylation sites is 1. The molecule has 1 aromatic carbocycles. The summed E-state index contributed by atoms with van der Waals surface area (Å²) in [4.78, 5) is 49.9. The van der Waals surface area contributed by atoms with Crippen molar-refractivity contribution in [2.75, 3.05) is 11.5 Å². The number of ether oxygens (including phenoxy) is 2. The number of nitro groups is 1. The molecule has 1 saturated carbocycles. The van der Waals surface area contributed by atoms with Crippen molar-refractivity contribution in [2.24, 2.45) is 5.92 Å². The van der Waals surface area contributed by atoms with E-state index in [-0.39, 0.29) is 17.9 Å². The number of carbonyl (C=O) groups is 3. The van der Waals surface area contributed by atoms with E-state index in [1.165, 1.54) is 12.1 Å². The van der Waals surface area contributed by atoms with Crippen molar-refractivity contribution in [3.63, 3.8) is 0 Å². The van der Waals surface area contributed by atoms with Crippen LogP contribution < -0.4 is 4.90 Å². The van der Waals surface area contributed by atoms with Crippen LogP contribution in [0.2, 0.25) is 0 Å². The molecule has 2 aliphatic rings. The Hall–Kier alpha value is -2.97. The van der Waals surface area contributed by atoms with Gasteiger partial charge in [-0.3, -0.25) is 19.7 Å². The molecule has 1 spiro atoms. The zero-order valence-electron chi connectivity index (χ0n) is 15.4. The summed E-state index contributed by atoms with van der Waals surface area (Å²) < 4.78 is 10.2. The molecule has 0 saturated heterocycles. The van der Waals surface area contributed by atoms with Gasteiger partial charge in [-0.15, -0.1) is 0 Å². The topological polar surface area (TPSA) is 116 Å². The maximum atomic E-state index is 13.2. The molecule has 0 aromatic heterocycles. The molecule has 1 aliphatic carbocycles. The van der Waals surface area contributed by atoms with Gasteiger partial charge >= 0.3 is 12.1 Å². The Morgan fingerprint density at radius 2 is 1.93 bits per heavy atom. The normalized spacial score (nSPS) is 25.9. The average molecular weight is 376 g/mol. The molecule has 3 rings (SSSR count). The first-order chi connectivity index (χ1) is 12.6. The van der Waals surface area contributed by atoms with Gasteiger partial charge in [-0.25, -0.2) is 9.69 Å². The summed E-state index contributed by atoms with van der Waals surface area (Å²) in [5.74, 6) is -2.94. The summed E-state index contributed by atoms with van der Waals surface area (Å²) in [5, 5.41) is 11.6. The molecule has 1 fully saturated rings. The Morgan fingerprint density at radius 3 is 2.48 bits per heavy atom. The first-order valence-electron chi connectivity index (χ1n) is 8.54. The molecule has 9 nitrogen and oxygen atoms in total. The van der Waals surface area contributed by atoms with E-state index in [1.807, 2.05) is 0 Å². The van der Waals surface area contributed by atoms with E-state index in [2.05, 4.69) is 0 Å². The largest absolute Gasteiger partial charge is 0.466 e. The number of nitrogens with zero attached hydrogens (tertiary/aromatic N) is 2. The smallest absolute Gasteiger partial charge is 0.421 e. The monoisotopic (exact) mass is 376 g/mol. The molecular weight excluding hydrogens is 356 g/mol. The molecular formula is C18H20N2O7. The molecule has 1 heterocycles. The number of benzene rings is 1. The van der Waals surface area contributed by atoms with Crippen molar-refractivity contribution in [3.05, 3.63) is 39.9 Å². The van der Waals surface area contributed by atoms with Crippen LogP contribution in [0.3, 0.4) is 0 Å². The van der Waals surface area contributed by atoms with Crippen molar-refractivity contribution in [3.8, 4) is 0 Å². The second kappa shape index (κ2) is 6.04. The van der Waals surface area contributed by atoms with Crippen LogP contribution in [0.4, 0.5) is 10.5 Å². The second-order valence-corrected chi connectivity index (χ2v) is 7.47. The molecule has 0 bridgehead atoms. The fraction of sp³-hybridized carbons (Fsp3) is 0.500. The van der Waals surface area contributed by atoms with Crippen molar-refractivity contribution in [1.29, 1.82) is 0 Å². The summed E-state index contributed by atoms with van der Waals surface area (Å²) in [5.41, 5.74) is -2.16. The molecule has 0 N–H and O–H groups in total. The highest BCUT2D eigenvalue weighted by Crippen LogP contribution is 2.63. The van der Waals surface area contributed by atoms with Gasteiger partial charge in [-0.1, -0.05) is 18.2 Å². The Labute approximate surface area is 155 Å². The first kappa shape index (κ1) is 18.8. The van der Waals surface area contributed by atoms with Crippen LogP contribution in [0.1, 0.15) is 33.3 Å².